The highest BCUT2D eigenvalue weighted by molar-refractivity contribution is 6.18. The fraction of sp³-hybridized carbons (Fsp3) is 1.00. The smallest absolute Gasteiger partial charge is 0.0468 e. The van der Waals surface area contributed by atoms with Gasteiger partial charge in [-0.1, -0.05) is 12.8 Å². The summed E-state index contributed by atoms with van der Waals surface area (Å²) >= 11 is 5.97. The molecule has 2 heterocycles. The molecule has 0 aromatic heterocycles. The summed E-state index contributed by atoms with van der Waals surface area (Å²) in [6.45, 7) is 5.81. The van der Waals surface area contributed by atoms with Crippen LogP contribution in [0.25, 0.3) is 0 Å². The molecule has 0 N–H and O–H groups in total. The lowest BCUT2D eigenvalue weighted by Gasteiger charge is -2.31. The van der Waals surface area contributed by atoms with Gasteiger partial charge in [0, 0.05) is 25.6 Å². The molecule has 18 heavy (non-hydrogen) atoms. The van der Waals surface area contributed by atoms with Crippen LogP contribution < -0.4 is 0 Å². The summed E-state index contributed by atoms with van der Waals surface area (Å²) < 4.78 is 5.40. The first-order valence-electron chi connectivity index (χ1n) is 7.74. The lowest BCUT2D eigenvalue weighted by atomic mass is 9.94. The minimum atomic E-state index is 0.746. The molecule has 0 amide bonds. The fourth-order valence-corrected chi connectivity index (χ4v) is 3.54. The van der Waals surface area contributed by atoms with Crippen LogP contribution in [0.5, 0.6) is 0 Å². The molecule has 0 saturated carbocycles. The second-order valence-corrected chi connectivity index (χ2v) is 6.32. The summed E-state index contributed by atoms with van der Waals surface area (Å²) in [6, 6.07) is 0. The van der Waals surface area contributed by atoms with E-state index in [2.05, 4.69) is 4.90 Å². The Balaban J connectivity index is 1.52. The SMILES string of the molecule is ClCC1CCCN(CCCCC2CCOCC2)C1. The van der Waals surface area contributed by atoms with Gasteiger partial charge in [-0.2, -0.15) is 0 Å². The van der Waals surface area contributed by atoms with E-state index in [1.807, 2.05) is 0 Å². The minimum Gasteiger partial charge on any atom is -0.381 e. The van der Waals surface area contributed by atoms with Crippen LogP contribution in [-0.4, -0.2) is 43.6 Å². The summed E-state index contributed by atoms with van der Waals surface area (Å²) in [5.41, 5.74) is 0. The molecule has 2 fully saturated rings. The molecular weight excluding hydrogens is 246 g/mol. The Morgan fingerprint density at radius 1 is 1.06 bits per heavy atom. The quantitative estimate of drug-likeness (QED) is 0.542. The fourth-order valence-electron chi connectivity index (χ4n) is 3.28. The second-order valence-electron chi connectivity index (χ2n) is 6.01. The van der Waals surface area contributed by atoms with Crippen molar-refractivity contribution in [3.63, 3.8) is 0 Å². The van der Waals surface area contributed by atoms with E-state index in [1.165, 1.54) is 64.6 Å². The van der Waals surface area contributed by atoms with Crippen LogP contribution in [0.3, 0.4) is 0 Å². The van der Waals surface area contributed by atoms with E-state index in [0.29, 0.717) is 0 Å². The van der Waals surface area contributed by atoms with Crippen LogP contribution in [0.2, 0.25) is 0 Å². The van der Waals surface area contributed by atoms with Crippen molar-refractivity contribution in [3.8, 4) is 0 Å². The average Bonchev–Trinajstić information content (AvgIpc) is 2.45. The van der Waals surface area contributed by atoms with Crippen molar-refractivity contribution < 1.29 is 4.74 Å². The summed E-state index contributed by atoms with van der Waals surface area (Å²) in [4.78, 5) is 2.63. The Labute approximate surface area is 117 Å². The monoisotopic (exact) mass is 273 g/mol. The molecule has 2 aliphatic rings. The van der Waals surface area contributed by atoms with Gasteiger partial charge in [-0.3, -0.25) is 0 Å². The van der Waals surface area contributed by atoms with Crippen molar-refractivity contribution in [2.24, 2.45) is 11.8 Å². The van der Waals surface area contributed by atoms with Crippen molar-refractivity contribution in [1.29, 1.82) is 0 Å². The molecule has 3 heteroatoms. The minimum absolute atomic E-state index is 0.746. The standard InChI is InChI=1S/C15H28ClNO/c16-12-15-5-3-9-17(13-15)8-2-1-4-14-6-10-18-11-7-14/h14-15H,1-13H2. The van der Waals surface area contributed by atoms with Gasteiger partial charge in [0.2, 0.25) is 0 Å². The first-order valence-corrected chi connectivity index (χ1v) is 8.28. The van der Waals surface area contributed by atoms with Gasteiger partial charge in [-0.15, -0.1) is 11.6 Å². The zero-order valence-corrected chi connectivity index (χ0v) is 12.3. The predicted octanol–water partition coefficient (Wildman–Crippen LogP) is 3.53. The zero-order chi connectivity index (χ0) is 12.6. The number of alkyl halides is 1. The van der Waals surface area contributed by atoms with Crippen LogP contribution in [0.1, 0.15) is 44.9 Å². The van der Waals surface area contributed by atoms with E-state index >= 15 is 0 Å². The largest absolute Gasteiger partial charge is 0.381 e. The Morgan fingerprint density at radius 2 is 1.89 bits per heavy atom. The summed E-state index contributed by atoms with van der Waals surface area (Å²) in [6.07, 6.45) is 9.44. The van der Waals surface area contributed by atoms with Gasteiger partial charge in [0.05, 0.1) is 0 Å². The molecule has 1 unspecified atom stereocenters. The first-order chi connectivity index (χ1) is 8.88. The lowest BCUT2D eigenvalue weighted by Crippen LogP contribution is -2.36. The molecule has 106 valence electrons. The van der Waals surface area contributed by atoms with Gasteiger partial charge >= 0.3 is 0 Å². The number of nitrogens with zero attached hydrogens (tertiary/aromatic N) is 1. The molecule has 0 aliphatic carbocycles. The van der Waals surface area contributed by atoms with Crippen LogP contribution in [0.4, 0.5) is 0 Å². The highest BCUT2D eigenvalue weighted by Gasteiger charge is 2.18. The molecular formula is C15H28ClNO. The third-order valence-corrected chi connectivity index (χ3v) is 4.94. The first kappa shape index (κ1) is 14.6. The van der Waals surface area contributed by atoms with Gasteiger partial charge in [-0.05, 0) is 57.0 Å². The van der Waals surface area contributed by atoms with Gasteiger partial charge in [0.25, 0.3) is 0 Å². The maximum Gasteiger partial charge on any atom is 0.0468 e. The lowest BCUT2D eigenvalue weighted by molar-refractivity contribution is 0.0627. The average molecular weight is 274 g/mol. The number of unbranched alkanes of at least 4 members (excludes halogenated alkanes) is 1. The molecule has 2 nitrogen and oxygen atoms in total. The van der Waals surface area contributed by atoms with Crippen molar-refractivity contribution >= 4 is 11.6 Å². The van der Waals surface area contributed by atoms with Crippen molar-refractivity contribution in [2.75, 3.05) is 38.7 Å². The number of rotatable bonds is 6. The summed E-state index contributed by atoms with van der Waals surface area (Å²) in [7, 11) is 0. The molecule has 2 aliphatic heterocycles. The highest BCUT2D eigenvalue weighted by atomic mass is 35.5. The number of piperidine rings is 1. The Hall–Kier alpha value is 0.210. The molecule has 2 rings (SSSR count). The maximum absolute atomic E-state index is 5.97. The van der Waals surface area contributed by atoms with Crippen molar-refractivity contribution in [1.82, 2.24) is 4.90 Å². The number of likely N-dealkylation sites (tertiary alicyclic amines) is 1. The molecule has 0 spiro atoms. The zero-order valence-electron chi connectivity index (χ0n) is 11.6. The molecule has 0 aromatic rings. The van der Waals surface area contributed by atoms with E-state index in [0.717, 1.165) is 30.9 Å². The summed E-state index contributed by atoms with van der Waals surface area (Å²) in [5, 5.41) is 0. The highest BCUT2D eigenvalue weighted by Crippen LogP contribution is 2.22. The maximum atomic E-state index is 5.97. The topological polar surface area (TPSA) is 12.5 Å². The van der Waals surface area contributed by atoms with Gasteiger partial charge in [0.1, 0.15) is 0 Å². The molecule has 0 bridgehead atoms. The normalized spacial score (nSPS) is 27.5. The third kappa shape index (κ3) is 5.07. The Morgan fingerprint density at radius 3 is 2.67 bits per heavy atom. The van der Waals surface area contributed by atoms with Gasteiger partial charge < -0.3 is 9.64 Å². The molecule has 0 radical (unpaired) electrons. The van der Waals surface area contributed by atoms with E-state index in [-0.39, 0.29) is 0 Å². The third-order valence-electron chi connectivity index (χ3n) is 4.50. The second kappa shape index (κ2) is 8.39. The van der Waals surface area contributed by atoms with Crippen molar-refractivity contribution in [2.45, 2.75) is 44.9 Å². The van der Waals surface area contributed by atoms with Crippen LogP contribution in [0.15, 0.2) is 0 Å². The van der Waals surface area contributed by atoms with Crippen LogP contribution in [0, 0.1) is 11.8 Å². The predicted molar refractivity (Wildman–Crippen MR) is 77.3 cm³/mol. The van der Waals surface area contributed by atoms with E-state index in [4.69, 9.17) is 16.3 Å². The Bertz CT molecular complexity index is 219. The van der Waals surface area contributed by atoms with Crippen LogP contribution in [-0.2, 0) is 4.74 Å². The van der Waals surface area contributed by atoms with Crippen LogP contribution >= 0.6 is 11.6 Å². The Kier molecular flexibility index (Phi) is 6.82. The van der Waals surface area contributed by atoms with E-state index in [9.17, 15) is 0 Å². The van der Waals surface area contributed by atoms with Gasteiger partial charge in [-0.25, -0.2) is 0 Å². The molecule has 1 atom stereocenters. The number of hydrogen-bond donors (Lipinski definition) is 0. The number of ether oxygens (including phenoxy) is 1. The van der Waals surface area contributed by atoms with E-state index < -0.39 is 0 Å². The number of halogens is 1. The molecule has 2 saturated heterocycles. The van der Waals surface area contributed by atoms with Gasteiger partial charge in [0.15, 0.2) is 0 Å². The van der Waals surface area contributed by atoms with Crippen molar-refractivity contribution in [3.05, 3.63) is 0 Å². The summed E-state index contributed by atoms with van der Waals surface area (Å²) in [5.74, 6) is 2.53. The molecule has 0 aromatic carbocycles. The number of hydrogen-bond acceptors (Lipinski definition) is 2. The van der Waals surface area contributed by atoms with E-state index in [1.54, 1.807) is 0 Å².